The molecule has 0 spiro atoms. The highest BCUT2D eigenvalue weighted by molar-refractivity contribution is 9.09. The molecular formula is C13H15BrFNO. The summed E-state index contributed by atoms with van der Waals surface area (Å²) in [5, 5.41) is 0. The number of hydrogen-bond acceptors (Lipinski definition) is 1. The Morgan fingerprint density at radius 2 is 2.24 bits per heavy atom. The lowest BCUT2D eigenvalue weighted by molar-refractivity contribution is 0.0748. The van der Waals surface area contributed by atoms with Crippen LogP contribution in [0, 0.1) is 11.7 Å². The SMILES string of the molecule is CN(CC1CC(Br)C1)C(=O)c1cccc(F)c1. The van der Waals surface area contributed by atoms with E-state index in [1.807, 2.05) is 0 Å². The lowest BCUT2D eigenvalue weighted by atomic mass is 9.85. The lowest BCUT2D eigenvalue weighted by Crippen LogP contribution is -2.37. The molecule has 0 N–H and O–H groups in total. The Balaban J connectivity index is 1.95. The standard InChI is InChI=1S/C13H15BrFNO/c1-16(8-9-5-11(14)6-9)13(17)10-3-2-4-12(15)7-10/h2-4,7,9,11H,5-6,8H2,1H3. The minimum absolute atomic E-state index is 0.109. The molecule has 0 unspecified atom stereocenters. The fraction of sp³-hybridized carbons (Fsp3) is 0.462. The van der Waals surface area contributed by atoms with Crippen LogP contribution in [0.1, 0.15) is 23.2 Å². The summed E-state index contributed by atoms with van der Waals surface area (Å²) >= 11 is 3.53. The fourth-order valence-corrected chi connectivity index (χ4v) is 3.17. The van der Waals surface area contributed by atoms with Crippen molar-refractivity contribution in [2.24, 2.45) is 5.92 Å². The van der Waals surface area contributed by atoms with Gasteiger partial charge in [-0.2, -0.15) is 0 Å². The molecule has 2 rings (SSSR count). The van der Waals surface area contributed by atoms with Gasteiger partial charge in [-0.25, -0.2) is 4.39 Å². The van der Waals surface area contributed by atoms with E-state index in [2.05, 4.69) is 15.9 Å². The first kappa shape index (κ1) is 12.6. The highest BCUT2D eigenvalue weighted by Gasteiger charge is 2.28. The second-order valence-corrected chi connectivity index (χ2v) is 5.93. The molecule has 1 aromatic carbocycles. The molecule has 0 radical (unpaired) electrons. The molecule has 1 amide bonds. The average molecular weight is 300 g/mol. The Labute approximate surface area is 109 Å². The van der Waals surface area contributed by atoms with Gasteiger partial charge in [0.05, 0.1) is 0 Å². The first-order valence-corrected chi connectivity index (χ1v) is 6.63. The van der Waals surface area contributed by atoms with Gasteiger partial charge >= 0.3 is 0 Å². The van der Waals surface area contributed by atoms with Gasteiger partial charge in [0.25, 0.3) is 5.91 Å². The molecule has 0 aliphatic heterocycles. The van der Waals surface area contributed by atoms with Crippen LogP contribution in [0.25, 0.3) is 0 Å². The van der Waals surface area contributed by atoms with E-state index in [-0.39, 0.29) is 11.7 Å². The maximum absolute atomic E-state index is 13.0. The first-order valence-electron chi connectivity index (χ1n) is 5.71. The zero-order valence-electron chi connectivity index (χ0n) is 9.70. The summed E-state index contributed by atoms with van der Waals surface area (Å²) in [5.41, 5.74) is 0.419. The van der Waals surface area contributed by atoms with Gasteiger partial charge < -0.3 is 4.90 Å². The monoisotopic (exact) mass is 299 g/mol. The zero-order valence-corrected chi connectivity index (χ0v) is 11.3. The number of carbonyl (C=O) groups excluding carboxylic acids is 1. The number of alkyl halides is 1. The normalized spacial score (nSPS) is 23.0. The van der Waals surface area contributed by atoms with Crippen molar-refractivity contribution < 1.29 is 9.18 Å². The molecule has 0 saturated heterocycles. The van der Waals surface area contributed by atoms with Gasteiger partial charge in [0.1, 0.15) is 5.82 Å². The Bertz CT molecular complexity index is 418. The second-order valence-electron chi connectivity index (χ2n) is 4.63. The van der Waals surface area contributed by atoms with E-state index in [9.17, 15) is 9.18 Å². The highest BCUT2D eigenvalue weighted by Crippen LogP contribution is 2.33. The van der Waals surface area contributed by atoms with Gasteiger partial charge in [0, 0.05) is 24.0 Å². The van der Waals surface area contributed by atoms with Crippen LogP contribution in [0.15, 0.2) is 24.3 Å². The van der Waals surface area contributed by atoms with Crippen LogP contribution in [-0.4, -0.2) is 29.2 Å². The molecule has 1 fully saturated rings. The molecule has 1 aliphatic rings. The number of rotatable bonds is 3. The molecule has 2 nitrogen and oxygen atoms in total. The predicted molar refractivity (Wildman–Crippen MR) is 68.8 cm³/mol. The molecule has 0 aromatic heterocycles. The van der Waals surface area contributed by atoms with Crippen molar-refractivity contribution in [2.45, 2.75) is 17.7 Å². The van der Waals surface area contributed by atoms with Crippen LogP contribution in [0.5, 0.6) is 0 Å². The zero-order chi connectivity index (χ0) is 12.4. The van der Waals surface area contributed by atoms with Gasteiger partial charge in [-0.15, -0.1) is 0 Å². The molecule has 0 atom stereocenters. The lowest BCUT2D eigenvalue weighted by Gasteiger charge is -2.34. The third kappa shape index (κ3) is 3.06. The number of carbonyl (C=O) groups is 1. The average Bonchev–Trinajstić information content (AvgIpc) is 2.26. The van der Waals surface area contributed by atoms with Gasteiger partial charge in [0.2, 0.25) is 0 Å². The Hall–Kier alpha value is -0.900. The molecule has 0 heterocycles. The molecule has 92 valence electrons. The van der Waals surface area contributed by atoms with Crippen LogP contribution in [0.2, 0.25) is 0 Å². The van der Waals surface area contributed by atoms with E-state index in [1.54, 1.807) is 24.1 Å². The topological polar surface area (TPSA) is 20.3 Å². The minimum atomic E-state index is -0.367. The fourth-order valence-electron chi connectivity index (χ4n) is 2.12. The van der Waals surface area contributed by atoms with Crippen molar-refractivity contribution in [1.29, 1.82) is 0 Å². The number of nitrogens with zero attached hydrogens (tertiary/aromatic N) is 1. The van der Waals surface area contributed by atoms with Crippen LogP contribution in [0.4, 0.5) is 4.39 Å². The predicted octanol–water partition coefficient (Wildman–Crippen LogP) is 3.07. The summed E-state index contributed by atoms with van der Waals surface area (Å²) in [6, 6.07) is 5.84. The molecule has 1 saturated carbocycles. The highest BCUT2D eigenvalue weighted by atomic mass is 79.9. The quantitative estimate of drug-likeness (QED) is 0.786. The molecule has 1 aromatic rings. The Morgan fingerprint density at radius 1 is 1.53 bits per heavy atom. The van der Waals surface area contributed by atoms with Crippen molar-refractivity contribution in [3.05, 3.63) is 35.6 Å². The van der Waals surface area contributed by atoms with Gasteiger partial charge in [-0.1, -0.05) is 22.0 Å². The van der Waals surface area contributed by atoms with Gasteiger partial charge in [-0.05, 0) is 37.0 Å². The Morgan fingerprint density at radius 3 is 2.82 bits per heavy atom. The number of amides is 1. The number of benzene rings is 1. The van der Waals surface area contributed by atoms with Crippen molar-refractivity contribution in [2.75, 3.05) is 13.6 Å². The van der Waals surface area contributed by atoms with Crippen molar-refractivity contribution in [1.82, 2.24) is 4.90 Å². The van der Waals surface area contributed by atoms with E-state index in [4.69, 9.17) is 0 Å². The minimum Gasteiger partial charge on any atom is -0.341 e. The second kappa shape index (κ2) is 5.17. The van der Waals surface area contributed by atoms with Crippen molar-refractivity contribution in [3.63, 3.8) is 0 Å². The van der Waals surface area contributed by atoms with E-state index in [1.165, 1.54) is 12.1 Å². The number of hydrogen-bond donors (Lipinski definition) is 0. The van der Waals surface area contributed by atoms with E-state index in [0.29, 0.717) is 16.3 Å². The summed E-state index contributed by atoms with van der Waals surface area (Å²) in [4.78, 5) is 14.3. The molecule has 17 heavy (non-hydrogen) atoms. The van der Waals surface area contributed by atoms with E-state index in [0.717, 1.165) is 19.4 Å². The summed E-state index contributed by atoms with van der Waals surface area (Å²) in [5.74, 6) is 0.0952. The summed E-state index contributed by atoms with van der Waals surface area (Å²) < 4.78 is 13.0. The third-order valence-electron chi connectivity index (χ3n) is 3.13. The first-order chi connectivity index (χ1) is 8.06. The summed E-state index contributed by atoms with van der Waals surface area (Å²) in [6.07, 6.45) is 2.22. The molecule has 4 heteroatoms. The maximum Gasteiger partial charge on any atom is 0.253 e. The molecular weight excluding hydrogens is 285 g/mol. The van der Waals surface area contributed by atoms with Crippen LogP contribution < -0.4 is 0 Å². The Kier molecular flexibility index (Phi) is 3.82. The van der Waals surface area contributed by atoms with Crippen LogP contribution in [-0.2, 0) is 0 Å². The maximum atomic E-state index is 13.0. The third-order valence-corrected chi connectivity index (χ3v) is 3.88. The van der Waals surface area contributed by atoms with E-state index >= 15 is 0 Å². The van der Waals surface area contributed by atoms with Crippen molar-refractivity contribution >= 4 is 21.8 Å². The summed E-state index contributed by atoms with van der Waals surface area (Å²) in [7, 11) is 1.77. The van der Waals surface area contributed by atoms with Crippen LogP contribution >= 0.6 is 15.9 Å². The largest absolute Gasteiger partial charge is 0.341 e. The number of halogens is 2. The molecule has 0 bridgehead atoms. The van der Waals surface area contributed by atoms with Gasteiger partial charge in [0.15, 0.2) is 0 Å². The van der Waals surface area contributed by atoms with Crippen molar-refractivity contribution in [3.8, 4) is 0 Å². The van der Waals surface area contributed by atoms with Gasteiger partial charge in [-0.3, -0.25) is 4.79 Å². The van der Waals surface area contributed by atoms with E-state index < -0.39 is 0 Å². The molecule has 1 aliphatic carbocycles. The van der Waals surface area contributed by atoms with Crippen LogP contribution in [0.3, 0.4) is 0 Å². The summed E-state index contributed by atoms with van der Waals surface area (Å²) in [6.45, 7) is 0.747. The smallest absolute Gasteiger partial charge is 0.253 e.